The number of carbonyl (C=O) groups is 1. The lowest BCUT2D eigenvalue weighted by molar-refractivity contribution is -0.130. The molecule has 234 valence electrons. The summed E-state index contributed by atoms with van der Waals surface area (Å²) in [5, 5.41) is 9.89. The molecule has 0 aromatic heterocycles. The number of hydrazine groups is 1. The summed E-state index contributed by atoms with van der Waals surface area (Å²) in [6.45, 7) is 0.941. The molecule has 0 saturated carbocycles. The van der Waals surface area contributed by atoms with Crippen molar-refractivity contribution in [2.45, 2.75) is 30.9 Å². The Morgan fingerprint density at radius 1 is 0.956 bits per heavy atom. The Balaban J connectivity index is 1.46. The number of nitrogens with zero attached hydrogens (tertiary/aromatic N) is 1. The van der Waals surface area contributed by atoms with E-state index in [1.807, 2.05) is 66.7 Å². The van der Waals surface area contributed by atoms with Gasteiger partial charge in [-0.1, -0.05) is 71.7 Å². The zero-order valence-electron chi connectivity index (χ0n) is 24.8. The number of aliphatic hydroxyl groups excluding tert-OH is 1. The second kappa shape index (κ2) is 15.3. The van der Waals surface area contributed by atoms with Crippen LogP contribution in [0, 0.1) is 0 Å². The molecule has 1 aliphatic rings. The van der Waals surface area contributed by atoms with E-state index in [2.05, 4.69) is 10.9 Å². The zero-order valence-corrected chi connectivity index (χ0v) is 26.4. The Labute approximate surface area is 272 Å². The lowest BCUT2D eigenvalue weighted by atomic mass is 9.82. The van der Waals surface area contributed by atoms with E-state index < -0.39 is 11.6 Å². The molecule has 0 spiro atoms. The van der Waals surface area contributed by atoms with Crippen molar-refractivity contribution in [3.05, 3.63) is 129 Å². The fourth-order valence-corrected chi connectivity index (χ4v) is 5.64. The van der Waals surface area contributed by atoms with Crippen LogP contribution < -0.4 is 20.3 Å². The SMILES string of the molecule is COc1ccc(CCNNC(=O)[C@@]2(Cc3ccccc3)N=C(c3ccc(OCCCO)cc3)O[C@H]2c2ccc(Cl)cc2Cl)cc1. The van der Waals surface area contributed by atoms with Gasteiger partial charge >= 0.3 is 0 Å². The summed E-state index contributed by atoms with van der Waals surface area (Å²) in [5.41, 5.74) is 7.84. The lowest BCUT2D eigenvalue weighted by Gasteiger charge is -2.31. The zero-order chi connectivity index (χ0) is 31.6. The highest BCUT2D eigenvalue weighted by Gasteiger charge is 2.54. The lowest BCUT2D eigenvalue weighted by Crippen LogP contribution is -2.54. The van der Waals surface area contributed by atoms with E-state index in [0.29, 0.717) is 58.8 Å². The molecule has 1 heterocycles. The minimum atomic E-state index is -1.42. The van der Waals surface area contributed by atoms with E-state index >= 15 is 0 Å². The molecule has 5 rings (SSSR count). The van der Waals surface area contributed by atoms with Crippen LogP contribution >= 0.6 is 23.2 Å². The summed E-state index contributed by atoms with van der Waals surface area (Å²) in [5.74, 6) is 1.37. The van der Waals surface area contributed by atoms with Gasteiger partial charge in [-0.2, -0.15) is 0 Å². The van der Waals surface area contributed by atoms with Gasteiger partial charge in [-0.15, -0.1) is 0 Å². The summed E-state index contributed by atoms with van der Waals surface area (Å²) in [6, 6.07) is 29.9. The fraction of sp³-hybridized carbons (Fsp3) is 0.257. The molecule has 0 aliphatic carbocycles. The summed E-state index contributed by atoms with van der Waals surface area (Å²) < 4.78 is 17.5. The van der Waals surface area contributed by atoms with Crippen molar-refractivity contribution in [3.63, 3.8) is 0 Å². The summed E-state index contributed by atoms with van der Waals surface area (Å²) >= 11 is 13.0. The number of amides is 1. The molecule has 2 atom stereocenters. The fourth-order valence-electron chi connectivity index (χ4n) is 5.13. The predicted molar refractivity (Wildman–Crippen MR) is 176 cm³/mol. The maximum Gasteiger partial charge on any atom is 0.266 e. The van der Waals surface area contributed by atoms with Crippen LogP contribution in [0.15, 0.2) is 102 Å². The van der Waals surface area contributed by atoms with Crippen molar-refractivity contribution in [1.82, 2.24) is 10.9 Å². The Bertz CT molecular complexity index is 1600. The summed E-state index contributed by atoms with van der Waals surface area (Å²) in [7, 11) is 1.63. The third kappa shape index (κ3) is 7.96. The smallest absolute Gasteiger partial charge is 0.266 e. The number of hydrogen-bond acceptors (Lipinski definition) is 7. The standard InChI is InChI=1S/C35H35Cl2N3O5/c1-43-28-13-8-24(9-14-28)18-19-38-40-34(42)35(23-25-6-3-2-4-7-25)32(30-17-12-27(36)22-31(30)37)45-33(39-35)26-10-15-29(16-11-26)44-21-5-20-41/h2-4,6-17,22,32,38,41H,5,18-21,23H2,1H3,(H,40,42)/t32-,35-/m0/s1. The number of ether oxygens (including phenoxy) is 3. The van der Waals surface area contributed by atoms with Gasteiger partial charge in [0.25, 0.3) is 5.91 Å². The Hall–Kier alpha value is -4.08. The minimum Gasteiger partial charge on any atom is -0.497 e. The largest absolute Gasteiger partial charge is 0.497 e. The van der Waals surface area contributed by atoms with Gasteiger partial charge in [0.15, 0.2) is 11.6 Å². The molecule has 0 bridgehead atoms. The number of halogens is 2. The molecule has 0 fully saturated rings. The highest BCUT2D eigenvalue weighted by Crippen LogP contribution is 2.45. The Kier molecular flexibility index (Phi) is 11.0. The number of carbonyl (C=O) groups excluding carboxylic acids is 1. The topological polar surface area (TPSA) is 101 Å². The van der Waals surface area contributed by atoms with Crippen LogP contribution in [-0.4, -0.2) is 49.3 Å². The molecule has 0 radical (unpaired) electrons. The molecule has 0 saturated heterocycles. The van der Waals surface area contributed by atoms with Crippen LogP contribution in [0.2, 0.25) is 10.0 Å². The number of aliphatic hydroxyl groups is 1. The third-order valence-corrected chi connectivity index (χ3v) is 8.05. The van der Waals surface area contributed by atoms with Crippen LogP contribution in [0.5, 0.6) is 11.5 Å². The maximum atomic E-state index is 14.3. The first-order valence-corrected chi connectivity index (χ1v) is 15.4. The van der Waals surface area contributed by atoms with Crippen molar-refractivity contribution >= 4 is 35.0 Å². The molecular formula is C35H35Cl2N3O5. The van der Waals surface area contributed by atoms with Gasteiger partial charge in [0.05, 0.1) is 13.7 Å². The molecule has 10 heteroatoms. The number of aliphatic imine (C=N–C) groups is 1. The average molecular weight is 649 g/mol. The van der Waals surface area contributed by atoms with Gasteiger partial charge in [-0.3, -0.25) is 10.2 Å². The first-order valence-electron chi connectivity index (χ1n) is 14.7. The quantitative estimate of drug-likeness (QED) is 0.112. The predicted octanol–water partition coefficient (Wildman–Crippen LogP) is 6.13. The third-order valence-electron chi connectivity index (χ3n) is 7.49. The molecule has 3 N–H and O–H groups in total. The first kappa shape index (κ1) is 32.3. The van der Waals surface area contributed by atoms with Crippen molar-refractivity contribution < 1.29 is 24.1 Å². The van der Waals surface area contributed by atoms with E-state index in [-0.39, 0.29) is 18.9 Å². The van der Waals surface area contributed by atoms with E-state index in [9.17, 15) is 4.79 Å². The number of methoxy groups -OCH3 is 1. The normalized spacial score (nSPS) is 17.3. The number of nitrogens with one attached hydrogen (secondary N) is 2. The van der Waals surface area contributed by atoms with E-state index in [0.717, 1.165) is 16.9 Å². The summed E-state index contributed by atoms with van der Waals surface area (Å²) in [4.78, 5) is 19.3. The van der Waals surface area contributed by atoms with Gasteiger partial charge in [-0.25, -0.2) is 10.4 Å². The van der Waals surface area contributed by atoms with Crippen LogP contribution in [-0.2, 0) is 22.4 Å². The van der Waals surface area contributed by atoms with E-state index in [1.54, 1.807) is 37.4 Å². The Morgan fingerprint density at radius 2 is 1.69 bits per heavy atom. The van der Waals surface area contributed by atoms with Gasteiger partial charge in [0.1, 0.15) is 11.5 Å². The maximum absolute atomic E-state index is 14.3. The minimum absolute atomic E-state index is 0.0548. The van der Waals surface area contributed by atoms with Gasteiger partial charge < -0.3 is 19.3 Å². The number of benzene rings is 4. The number of hydrogen-bond donors (Lipinski definition) is 3. The molecule has 45 heavy (non-hydrogen) atoms. The van der Waals surface area contributed by atoms with Gasteiger partial charge in [0, 0.05) is 47.2 Å². The molecule has 0 unspecified atom stereocenters. The van der Waals surface area contributed by atoms with Crippen LogP contribution in [0.3, 0.4) is 0 Å². The highest BCUT2D eigenvalue weighted by molar-refractivity contribution is 6.35. The van der Waals surface area contributed by atoms with Crippen LogP contribution in [0.4, 0.5) is 0 Å². The van der Waals surface area contributed by atoms with Crippen molar-refractivity contribution in [2.24, 2.45) is 4.99 Å². The summed E-state index contributed by atoms with van der Waals surface area (Å²) in [6.07, 6.45) is 0.600. The van der Waals surface area contributed by atoms with Crippen molar-refractivity contribution in [1.29, 1.82) is 0 Å². The average Bonchev–Trinajstić information content (AvgIpc) is 3.44. The van der Waals surface area contributed by atoms with E-state index in [1.165, 1.54) is 0 Å². The Morgan fingerprint density at radius 3 is 2.38 bits per heavy atom. The van der Waals surface area contributed by atoms with Crippen LogP contribution in [0.25, 0.3) is 0 Å². The second-order valence-corrected chi connectivity index (χ2v) is 11.4. The molecule has 4 aromatic carbocycles. The number of rotatable bonds is 14. The molecule has 1 amide bonds. The van der Waals surface area contributed by atoms with Crippen molar-refractivity contribution in [3.8, 4) is 11.5 Å². The van der Waals surface area contributed by atoms with Gasteiger partial charge in [0.2, 0.25) is 5.90 Å². The van der Waals surface area contributed by atoms with Gasteiger partial charge in [-0.05, 0) is 66.1 Å². The van der Waals surface area contributed by atoms with Crippen LogP contribution in [0.1, 0.15) is 34.8 Å². The van der Waals surface area contributed by atoms with Crippen molar-refractivity contribution in [2.75, 3.05) is 26.9 Å². The molecule has 4 aromatic rings. The molecular weight excluding hydrogens is 613 g/mol. The monoisotopic (exact) mass is 647 g/mol. The highest BCUT2D eigenvalue weighted by atomic mass is 35.5. The molecule has 1 aliphatic heterocycles. The first-order chi connectivity index (χ1) is 21.9. The van der Waals surface area contributed by atoms with E-state index in [4.69, 9.17) is 47.5 Å². The second-order valence-electron chi connectivity index (χ2n) is 10.6. The molecule has 8 nitrogen and oxygen atoms in total.